The molecule has 1 aliphatic heterocycles. The second-order valence-corrected chi connectivity index (χ2v) is 7.07. The van der Waals surface area contributed by atoms with Gasteiger partial charge in [-0.3, -0.25) is 0 Å². The maximum Gasteiger partial charge on any atom is 0.256 e. The molecule has 9 heteroatoms. The number of nitrogen functional groups attached to an aromatic ring is 1. The third-order valence-electron chi connectivity index (χ3n) is 4.57. The number of aliphatic hydroxyl groups excluding tert-OH is 1. The largest absolute Gasteiger partial charge is 0.391 e. The molecule has 0 radical (unpaired) electrons. The van der Waals surface area contributed by atoms with E-state index in [1.165, 1.54) is 10.7 Å². The molecule has 1 saturated carbocycles. The Morgan fingerprint density at radius 1 is 1.42 bits per heavy atom. The molecule has 0 amide bonds. The quantitative estimate of drug-likeness (QED) is 0.847. The van der Waals surface area contributed by atoms with Crippen LogP contribution >= 0.6 is 0 Å². The minimum absolute atomic E-state index is 0.0153. The molecule has 2 unspecified atom stereocenters. The summed E-state index contributed by atoms with van der Waals surface area (Å²) in [6.45, 7) is 4.99. The predicted octanol–water partition coefficient (Wildman–Crippen LogP) is 2.85. The monoisotopic (exact) mass is 372 g/mol. The van der Waals surface area contributed by atoms with Gasteiger partial charge in [-0.05, 0) is 18.8 Å². The van der Waals surface area contributed by atoms with E-state index in [0.29, 0.717) is 12.3 Å². The summed E-state index contributed by atoms with van der Waals surface area (Å²) in [5, 5.41) is 12.7. The SMILES string of the molecule is CC(C)c1c(C2CC2(F)F)c(F)c2cnc(N)nn12.OC1CCCOC1. The Morgan fingerprint density at radius 3 is 2.58 bits per heavy atom. The van der Waals surface area contributed by atoms with Gasteiger partial charge in [0.05, 0.1) is 30.5 Å². The molecule has 3 heterocycles. The van der Waals surface area contributed by atoms with Gasteiger partial charge in [0.1, 0.15) is 5.52 Å². The molecule has 2 fully saturated rings. The third kappa shape index (κ3) is 3.64. The number of rotatable bonds is 2. The fourth-order valence-corrected chi connectivity index (χ4v) is 3.20. The second-order valence-electron chi connectivity index (χ2n) is 7.07. The highest BCUT2D eigenvalue weighted by Gasteiger charge is 2.60. The van der Waals surface area contributed by atoms with Crippen LogP contribution < -0.4 is 5.73 Å². The van der Waals surface area contributed by atoms with Gasteiger partial charge in [0.15, 0.2) is 5.82 Å². The molecule has 3 N–H and O–H groups in total. The predicted molar refractivity (Wildman–Crippen MR) is 89.8 cm³/mol. The average molecular weight is 372 g/mol. The van der Waals surface area contributed by atoms with E-state index in [-0.39, 0.29) is 35.5 Å². The van der Waals surface area contributed by atoms with Crippen molar-refractivity contribution in [1.29, 1.82) is 0 Å². The number of halogens is 3. The molecule has 6 nitrogen and oxygen atoms in total. The summed E-state index contributed by atoms with van der Waals surface area (Å²) in [6.07, 6.45) is 2.66. The fourth-order valence-electron chi connectivity index (χ4n) is 3.20. The molecule has 2 atom stereocenters. The first-order chi connectivity index (χ1) is 12.2. The summed E-state index contributed by atoms with van der Waals surface area (Å²) in [6, 6.07) is 0. The van der Waals surface area contributed by atoms with Gasteiger partial charge in [-0.2, -0.15) is 0 Å². The molecule has 0 bridgehead atoms. The van der Waals surface area contributed by atoms with Crippen molar-refractivity contribution in [2.24, 2.45) is 0 Å². The number of hydrogen-bond acceptors (Lipinski definition) is 5. The maximum absolute atomic E-state index is 14.3. The van der Waals surface area contributed by atoms with Crippen LogP contribution in [-0.4, -0.2) is 44.9 Å². The molecule has 2 aliphatic rings. The van der Waals surface area contributed by atoms with E-state index >= 15 is 0 Å². The summed E-state index contributed by atoms with van der Waals surface area (Å²) >= 11 is 0. The van der Waals surface area contributed by atoms with Crippen LogP contribution in [0.5, 0.6) is 0 Å². The number of anilines is 1. The minimum atomic E-state index is -2.83. The van der Waals surface area contributed by atoms with E-state index in [9.17, 15) is 13.2 Å². The molecule has 1 saturated heterocycles. The van der Waals surface area contributed by atoms with Crippen LogP contribution in [-0.2, 0) is 4.74 Å². The number of aromatic nitrogens is 3. The Balaban J connectivity index is 0.000000236. The van der Waals surface area contributed by atoms with E-state index in [4.69, 9.17) is 15.6 Å². The van der Waals surface area contributed by atoms with Crippen LogP contribution in [0.1, 0.15) is 56.2 Å². The van der Waals surface area contributed by atoms with Crippen LogP contribution in [0.25, 0.3) is 5.52 Å². The summed E-state index contributed by atoms with van der Waals surface area (Å²) in [5.74, 6) is -4.70. The molecule has 144 valence electrons. The van der Waals surface area contributed by atoms with Crippen LogP contribution in [0, 0.1) is 5.82 Å². The summed E-state index contributed by atoms with van der Waals surface area (Å²) in [5.41, 5.74) is 6.08. The number of alkyl halides is 2. The fraction of sp³-hybridized carbons (Fsp3) is 0.647. The van der Waals surface area contributed by atoms with Crippen molar-refractivity contribution in [1.82, 2.24) is 14.6 Å². The highest BCUT2D eigenvalue weighted by Crippen LogP contribution is 2.58. The molecule has 2 aromatic heterocycles. The number of nitrogens with zero attached hydrogens (tertiary/aromatic N) is 3. The average Bonchev–Trinajstić information content (AvgIpc) is 3.09. The summed E-state index contributed by atoms with van der Waals surface area (Å²) in [4.78, 5) is 3.72. The number of ether oxygens (including phenoxy) is 1. The summed E-state index contributed by atoms with van der Waals surface area (Å²) < 4.78 is 47.1. The Labute approximate surface area is 149 Å². The topological polar surface area (TPSA) is 85.7 Å². The number of nitrogens with two attached hydrogens (primary N) is 1. The molecule has 1 aliphatic carbocycles. The van der Waals surface area contributed by atoms with Gasteiger partial charge < -0.3 is 15.6 Å². The lowest BCUT2D eigenvalue weighted by Gasteiger charge is -2.15. The van der Waals surface area contributed by atoms with Crippen LogP contribution in [0.15, 0.2) is 6.20 Å². The van der Waals surface area contributed by atoms with Crippen molar-refractivity contribution in [3.63, 3.8) is 0 Å². The van der Waals surface area contributed by atoms with Crippen molar-refractivity contribution in [2.45, 2.75) is 57.0 Å². The van der Waals surface area contributed by atoms with E-state index < -0.39 is 17.7 Å². The van der Waals surface area contributed by atoms with Gasteiger partial charge in [0, 0.05) is 18.6 Å². The first kappa shape index (κ1) is 18.9. The van der Waals surface area contributed by atoms with Gasteiger partial charge in [-0.15, -0.1) is 5.10 Å². The van der Waals surface area contributed by atoms with Crippen molar-refractivity contribution < 1.29 is 23.0 Å². The van der Waals surface area contributed by atoms with Crippen LogP contribution in [0.2, 0.25) is 0 Å². The zero-order valence-electron chi connectivity index (χ0n) is 14.8. The smallest absolute Gasteiger partial charge is 0.256 e. The van der Waals surface area contributed by atoms with Gasteiger partial charge in [-0.25, -0.2) is 22.7 Å². The van der Waals surface area contributed by atoms with Crippen molar-refractivity contribution >= 4 is 11.5 Å². The zero-order valence-corrected chi connectivity index (χ0v) is 14.8. The Bertz CT molecular complexity index is 788. The van der Waals surface area contributed by atoms with Gasteiger partial charge in [0.25, 0.3) is 5.92 Å². The summed E-state index contributed by atoms with van der Waals surface area (Å²) in [7, 11) is 0. The Kier molecular flexibility index (Phi) is 5.12. The number of fused-ring (bicyclic) bond motifs is 1. The van der Waals surface area contributed by atoms with Gasteiger partial charge in [0.2, 0.25) is 5.95 Å². The van der Waals surface area contributed by atoms with Crippen molar-refractivity contribution in [2.75, 3.05) is 18.9 Å². The second kappa shape index (κ2) is 7.03. The molecule has 0 spiro atoms. The lowest BCUT2D eigenvalue weighted by Crippen LogP contribution is -2.21. The molecule has 26 heavy (non-hydrogen) atoms. The Hall–Kier alpha value is -1.87. The lowest BCUT2D eigenvalue weighted by atomic mass is 10.0. The minimum Gasteiger partial charge on any atom is -0.391 e. The first-order valence-corrected chi connectivity index (χ1v) is 8.68. The lowest BCUT2D eigenvalue weighted by molar-refractivity contribution is -0.00535. The van der Waals surface area contributed by atoms with Gasteiger partial charge in [-0.1, -0.05) is 13.8 Å². The normalized spacial score (nSPS) is 24.4. The van der Waals surface area contributed by atoms with E-state index in [1.807, 2.05) is 13.8 Å². The van der Waals surface area contributed by atoms with E-state index in [0.717, 1.165) is 19.4 Å². The first-order valence-electron chi connectivity index (χ1n) is 8.68. The molecule has 0 aromatic carbocycles. The van der Waals surface area contributed by atoms with Crippen LogP contribution in [0.3, 0.4) is 0 Å². The van der Waals surface area contributed by atoms with Crippen LogP contribution in [0.4, 0.5) is 19.1 Å². The van der Waals surface area contributed by atoms with E-state index in [2.05, 4.69) is 10.1 Å². The standard InChI is InChI=1S/C12H13F3N4.C5H10O2/c1-5(2)10-8(6-3-12(6,14)15)9(13)7-4-17-11(16)18-19(7)10;6-5-2-1-3-7-4-5/h4-6H,3H2,1-2H3,(H2,16,18);5-6H,1-4H2. The number of hydrogen-bond donors (Lipinski definition) is 2. The molecular formula is C17H23F3N4O2. The molecule has 4 rings (SSSR count). The van der Waals surface area contributed by atoms with Crippen molar-refractivity contribution in [3.05, 3.63) is 23.3 Å². The van der Waals surface area contributed by atoms with E-state index in [1.54, 1.807) is 0 Å². The van der Waals surface area contributed by atoms with Crippen molar-refractivity contribution in [3.8, 4) is 0 Å². The number of aliphatic hydroxyl groups is 1. The zero-order chi connectivity index (χ0) is 19.1. The molecule has 2 aromatic rings. The maximum atomic E-state index is 14.3. The van der Waals surface area contributed by atoms with Gasteiger partial charge >= 0.3 is 0 Å². The highest BCUT2D eigenvalue weighted by molar-refractivity contribution is 5.57. The Morgan fingerprint density at radius 2 is 2.12 bits per heavy atom. The highest BCUT2D eigenvalue weighted by atomic mass is 19.3. The molecular weight excluding hydrogens is 349 g/mol. The third-order valence-corrected chi connectivity index (χ3v) is 4.57.